The molecule has 2 aromatic rings. The number of nitrogens with two attached hydrogens (primary N) is 1. The van der Waals surface area contributed by atoms with Crippen LogP contribution in [0.4, 0.5) is 16.4 Å². The summed E-state index contributed by atoms with van der Waals surface area (Å²) in [7, 11) is 0. The minimum Gasteiger partial charge on any atom is -0.351 e. The Morgan fingerprint density at radius 2 is 1.91 bits per heavy atom. The van der Waals surface area contributed by atoms with Crippen LogP contribution in [0.1, 0.15) is 56.7 Å². The number of urea groups is 1. The van der Waals surface area contributed by atoms with Gasteiger partial charge < -0.3 is 10.6 Å². The van der Waals surface area contributed by atoms with Crippen molar-refractivity contribution in [2.24, 2.45) is 23.5 Å². The van der Waals surface area contributed by atoms with Gasteiger partial charge >= 0.3 is 6.03 Å². The molecule has 0 aromatic carbocycles. The van der Waals surface area contributed by atoms with E-state index in [4.69, 9.17) is 22.3 Å². The van der Waals surface area contributed by atoms with Crippen LogP contribution in [0.3, 0.4) is 0 Å². The van der Waals surface area contributed by atoms with E-state index in [9.17, 15) is 4.79 Å². The molecule has 2 saturated carbocycles. The average Bonchev–Trinajstić information content (AvgIpc) is 3.72. The van der Waals surface area contributed by atoms with Crippen molar-refractivity contribution in [2.75, 3.05) is 29.4 Å². The van der Waals surface area contributed by atoms with Crippen LogP contribution in [0.25, 0.3) is 0 Å². The first-order valence-electron chi connectivity index (χ1n) is 12.1. The van der Waals surface area contributed by atoms with Crippen molar-refractivity contribution >= 4 is 29.3 Å². The fraction of sp³-hybridized carbons (Fsp3) is 0.600. The molecule has 0 radical (unpaired) electrons. The number of primary amides is 1. The van der Waals surface area contributed by atoms with Crippen molar-refractivity contribution in [3.05, 3.63) is 40.9 Å². The molecular weight excluding hydrogens is 436 g/mol. The van der Waals surface area contributed by atoms with Crippen molar-refractivity contribution in [1.82, 2.24) is 15.0 Å². The third-order valence-corrected chi connectivity index (χ3v) is 8.14. The monoisotopic (exact) mass is 468 g/mol. The van der Waals surface area contributed by atoms with E-state index in [1.807, 2.05) is 6.20 Å². The van der Waals surface area contributed by atoms with Gasteiger partial charge in [-0.05, 0) is 74.8 Å². The molecule has 0 unspecified atom stereocenters. The number of aromatic nitrogens is 3. The number of carbonyl (C=O) groups excluding carboxylic acids is 1. The Hall–Kier alpha value is -2.41. The Balaban J connectivity index is 1.13. The van der Waals surface area contributed by atoms with Gasteiger partial charge in [0.1, 0.15) is 0 Å². The number of carbonyl (C=O) groups is 1. The Kier molecular flexibility index (Phi) is 5.93. The quantitative estimate of drug-likeness (QED) is 0.635. The number of nitrogens with zero attached hydrogens (tertiary/aromatic N) is 5. The van der Waals surface area contributed by atoms with Crippen molar-refractivity contribution in [1.29, 1.82) is 0 Å². The number of pyridine rings is 1. The number of rotatable bonds is 7. The summed E-state index contributed by atoms with van der Waals surface area (Å²) in [6.45, 7) is 6.98. The van der Waals surface area contributed by atoms with Crippen LogP contribution in [-0.4, -0.2) is 40.6 Å². The number of halogens is 1. The standard InChI is InChI=1S/C25H33ClN6O/c1-16-11-20(15-28-22(16)25(2)6-7-25)32(23(27)33)10-5-18-12-21(18)17-3-8-31(9-4-17)24-29-13-19(26)14-30-24/h11,13-15,17-18,21H,3-10,12H2,1-2H3,(H2,27,33)/t18-,21-/m1/s1. The SMILES string of the molecule is Cc1cc(N(CC[C@@H]2C[C@@H]2C2CCN(c3ncc(Cl)cn3)CC2)C(N)=O)cnc1C1(C)CC1. The summed E-state index contributed by atoms with van der Waals surface area (Å²) in [5, 5.41) is 0.568. The van der Waals surface area contributed by atoms with Gasteiger partial charge in [-0.2, -0.15) is 0 Å². The molecule has 7 nitrogen and oxygen atoms in total. The highest BCUT2D eigenvalue weighted by Gasteiger charge is 2.44. The van der Waals surface area contributed by atoms with Crippen LogP contribution in [-0.2, 0) is 5.41 Å². The molecule has 0 spiro atoms. The number of piperidine rings is 1. The number of hydrogen-bond donors (Lipinski definition) is 1. The van der Waals surface area contributed by atoms with Gasteiger partial charge in [0.05, 0.1) is 29.3 Å². The molecule has 2 aromatic heterocycles. The zero-order valence-corrected chi connectivity index (χ0v) is 20.3. The normalized spacial score (nSPS) is 23.9. The molecule has 3 aliphatic rings. The molecule has 2 atom stereocenters. The highest BCUT2D eigenvalue weighted by Crippen LogP contribution is 2.50. The summed E-state index contributed by atoms with van der Waals surface area (Å²) in [6, 6.07) is 1.69. The van der Waals surface area contributed by atoms with E-state index in [2.05, 4.69) is 34.8 Å². The molecular formula is C25H33ClN6O. The summed E-state index contributed by atoms with van der Waals surface area (Å²) < 4.78 is 0. The van der Waals surface area contributed by atoms with Gasteiger partial charge in [-0.3, -0.25) is 9.88 Å². The van der Waals surface area contributed by atoms with Gasteiger partial charge in [0.15, 0.2) is 0 Å². The molecule has 2 aliphatic carbocycles. The predicted octanol–water partition coefficient (Wildman–Crippen LogP) is 4.71. The topological polar surface area (TPSA) is 88.2 Å². The summed E-state index contributed by atoms with van der Waals surface area (Å²) in [4.78, 5) is 29.6. The highest BCUT2D eigenvalue weighted by molar-refractivity contribution is 6.30. The van der Waals surface area contributed by atoms with Crippen LogP contribution in [0.2, 0.25) is 5.02 Å². The second-order valence-electron chi connectivity index (χ2n) is 10.4. The summed E-state index contributed by atoms with van der Waals surface area (Å²) in [5.74, 6) is 2.94. The first-order valence-corrected chi connectivity index (χ1v) is 12.5. The lowest BCUT2D eigenvalue weighted by molar-refractivity contribution is 0.253. The van der Waals surface area contributed by atoms with Crippen molar-refractivity contribution in [2.45, 2.75) is 57.8 Å². The smallest absolute Gasteiger partial charge is 0.319 e. The molecule has 2 N–H and O–H groups in total. The van der Waals surface area contributed by atoms with Crippen molar-refractivity contribution in [3.8, 4) is 0 Å². The Morgan fingerprint density at radius 1 is 1.21 bits per heavy atom. The lowest BCUT2D eigenvalue weighted by Crippen LogP contribution is -2.37. The van der Waals surface area contributed by atoms with Crippen molar-refractivity contribution in [3.63, 3.8) is 0 Å². The zero-order chi connectivity index (χ0) is 23.2. The first-order chi connectivity index (χ1) is 15.8. The van der Waals surface area contributed by atoms with Gasteiger partial charge in [0, 0.05) is 30.7 Å². The maximum atomic E-state index is 12.2. The molecule has 3 heterocycles. The maximum Gasteiger partial charge on any atom is 0.319 e. The molecule has 1 saturated heterocycles. The van der Waals surface area contributed by atoms with E-state index in [0.29, 0.717) is 17.5 Å². The number of hydrogen-bond acceptors (Lipinski definition) is 5. The first kappa shape index (κ1) is 22.4. The molecule has 176 valence electrons. The molecule has 2 amide bonds. The van der Waals surface area contributed by atoms with E-state index >= 15 is 0 Å². The summed E-state index contributed by atoms with van der Waals surface area (Å²) >= 11 is 5.91. The highest BCUT2D eigenvalue weighted by atomic mass is 35.5. The van der Waals surface area contributed by atoms with E-state index in [1.54, 1.807) is 17.3 Å². The van der Waals surface area contributed by atoms with Gasteiger partial charge in [-0.1, -0.05) is 18.5 Å². The summed E-state index contributed by atoms with van der Waals surface area (Å²) in [6.07, 6.45) is 12.1. The molecule has 8 heteroatoms. The predicted molar refractivity (Wildman–Crippen MR) is 131 cm³/mol. The molecule has 3 fully saturated rings. The number of anilines is 2. The zero-order valence-electron chi connectivity index (χ0n) is 19.5. The van der Waals surface area contributed by atoms with Crippen LogP contribution in [0.15, 0.2) is 24.7 Å². The Labute approximate surface area is 200 Å². The summed E-state index contributed by atoms with van der Waals surface area (Å²) in [5.41, 5.74) is 9.10. The minimum atomic E-state index is -0.393. The van der Waals surface area contributed by atoms with E-state index in [1.165, 1.54) is 19.3 Å². The molecule has 5 rings (SSSR count). The fourth-order valence-corrected chi connectivity index (χ4v) is 5.70. The lowest BCUT2D eigenvalue weighted by Gasteiger charge is -2.32. The number of amides is 2. The molecule has 0 bridgehead atoms. The second kappa shape index (κ2) is 8.75. The lowest BCUT2D eigenvalue weighted by atomic mass is 9.90. The third-order valence-electron chi connectivity index (χ3n) is 7.95. The maximum absolute atomic E-state index is 12.2. The van der Waals surface area contributed by atoms with Crippen LogP contribution >= 0.6 is 11.6 Å². The van der Waals surface area contributed by atoms with Gasteiger partial charge in [0.2, 0.25) is 5.95 Å². The van der Waals surface area contributed by atoms with E-state index in [-0.39, 0.29) is 5.41 Å². The third kappa shape index (κ3) is 4.79. The van der Waals surface area contributed by atoms with Gasteiger partial charge in [0.25, 0.3) is 0 Å². The molecule has 33 heavy (non-hydrogen) atoms. The fourth-order valence-electron chi connectivity index (χ4n) is 5.60. The van der Waals surface area contributed by atoms with Crippen LogP contribution < -0.4 is 15.5 Å². The molecule has 1 aliphatic heterocycles. The van der Waals surface area contributed by atoms with E-state index in [0.717, 1.165) is 67.1 Å². The van der Waals surface area contributed by atoms with E-state index < -0.39 is 6.03 Å². The largest absolute Gasteiger partial charge is 0.351 e. The van der Waals surface area contributed by atoms with Crippen LogP contribution in [0.5, 0.6) is 0 Å². The second-order valence-corrected chi connectivity index (χ2v) is 10.8. The average molecular weight is 469 g/mol. The van der Waals surface area contributed by atoms with Crippen molar-refractivity contribution < 1.29 is 4.79 Å². The Bertz CT molecular complexity index is 1020. The van der Waals surface area contributed by atoms with Gasteiger partial charge in [-0.25, -0.2) is 14.8 Å². The van der Waals surface area contributed by atoms with Crippen LogP contribution in [0, 0.1) is 24.7 Å². The number of aryl methyl sites for hydroxylation is 1. The Morgan fingerprint density at radius 3 is 2.52 bits per heavy atom. The minimum absolute atomic E-state index is 0.219. The van der Waals surface area contributed by atoms with Gasteiger partial charge in [-0.15, -0.1) is 0 Å².